The monoisotopic (exact) mass is 409 g/mol. The van der Waals surface area contributed by atoms with Gasteiger partial charge in [0.25, 0.3) is 5.56 Å². The van der Waals surface area contributed by atoms with Gasteiger partial charge in [-0.05, 0) is 38.0 Å². The fourth-order valence-corrected chi connectivity index (χ4v) is 4.97. The predicted octanol–water partition coefficient (Wildman–Crippen LogP) is 0.201. The Balaban J connectivity index is 1.93. The average molecular weight is 409 g/mol. The summed E-state index contributed by atoms with van der Waals surface area (Å²) in [6.07, 6.45) is 0.782. The van der Waals surface area contributed by atoms with Gasteiger partial charge in [0.15, 0.2) is 0 Å². The number of aryl methyl sites for hydroxylation is 1. The van der Waals surface area contributed by atoms with Crippen LogP contribution < -0.4 is 11.2 Å². The Kier molecular flexibility index (Phi) is 5.44. The van der Waals surface area contributed by atoms with Crippen molar-refractivity contribution < 1.29 is 17.9 Å². The van der Waals surface area contributed by atoms with Gasteiger partial charge in [0, 0.05) is 27.2 Å². The minimum atomic E-state index is -3.82. The van der Waals surface area contributed by atoms with Gasteiger partial charge in [-0.1, -0.05) is 0 Å². The molecule has 1 aromatic carbocycles. The highest BCUT2D eigenvalue weighted by Crippen LogP contribution is 2.25. The largest absolute Gasteiger partial charge is 0.466 e. The van der Waals surface area contributed by atoms with Crippen LogP contribution in [-0.4, -0.2) is 47.5 Å². The lowest BCUT2D eigenvalue weighted by molar-refractivity contribution is -0.149. The molecule has 2 aromatic rings. The van der Waals surface area contributed by atoms with E-state index < -0.39 is 21.3 Å². The Morgan fingerprint density at radius 3 is 2.39 bits per heavy atom. The van der Waals surface area contributed by atoms with Crippen LogP contribution in [0.25, 0.3) is 10.9 Å². The van der Waals surface area contributed by atoms with Crippen LogP contribution in [0.4, 0.5) is 0 Å². The fourth-order valence-electron chi connectivity index (χ4n) is 3.48. The van der Waals surface area contributed by atoms with Crippen molar-refractivity contribution >= 4 is 26.9 Å². The first-order valence-corrected chi connectivity index (χ1v) is 10.5. The van der Waals surface area contributed by atoms with Crippen molar-refractivity contribution in [3.05, 3.63) is 39.0 Å². The summed E-state index contributed by atoms with van der Waals surface area (Å²) in [6.45, 7) is 2.44. The molecule has 0 radical (unpaired) electrons. The molecule has 28 heavy (non-hydrogen) atoms. The molecule has 0 spiro atoms. The number of fused-ring (bicyclic) bond motifs is 1. The van der Waals surface area contributed by atoms with Crippen LogP contribution in [0.5, 0.6) is 0 Å². The van der Waals surface area contributed by atoms with Crippen molar-refractivity contribution in [1.82, 2.24) is 13.4 Å². The minimum absolute atomic E-state index is 0.00895. The topological polar surface area (TPSA) is 108 Å². The Labute approximate surface area is 162 Å². The molecule has 0 N–H and O–H groups in total. The Bertz CT molecular complexity index is 1140. The molecule has 1 fully saturated rings. The maximum absolute atomic E-state index is 13.0. The van der Waals surface area contributed by atoms with E-state index in [1.54, 1.807) is 6.92 Å². The molecule has 1 aliphatic rings. The van der Waals surface area contributed by atoms with E-state index in [4.69, 9.17) is 4.74 Å². The number of nitrogens with zero attached hydrogens (tertiary/aromatic N) is 3. The van der Waals surface area contributed by atoms with Crippen LogP contribution in [0, 0.1) is 5.92 Å². The van der Waals surface area contributed by atoms with Crippen molar-refractivity contribution in [3.8, 4) is 0 Å². The van der Waals surface area contributed by atoms with E-state index in [2.05, 4.69) is 0 Å². The summed E-state index contributed by atoms with van der Waals surface area (Å²) in [7, 11) is -0.943. The number of sulfonamides is 1. The molecule has 2 heterocycles. The van der Waals surface area contributed by atoms with Crippen LogP contribution in [0.15, 0.2) is 32.7 Å². The summed E-state index contributed by atoms with van der Waals surface area (Å²) in [5, 5.41) is 0.159. The van der Waals surface area contributed by atoms with E-state index in [0.717, 1.165) is 4.57 Å². The second-order valence-corrected chi connectivity index (χ2v) is 8.75. The average Bonchev–Trinajstić information content (AvgIpc) is 2.70. The summed E-state index contributed by atoms with van der Waals surface area (Å²) in [5.74, 6) is -0.598. The second-order valence-electron chi connectivity index (χ2n) is 6.82. The molecule has 0 saturated carbocycles. The highest BCUT2D eigenvalue weighted by atomic mass is 32.2. The minimum Gasteiger partial charge on any atom is -0.466 e. The summed E-state index contributed by atoms with van der Waals surface area (Å²) < 4.78 is 34.6. The number of ether oxygens (including phenoxy) is 1. The molecule has 1 aliphatic heterocycles. The molecule has 152 valence electrons. The molecule has 0 atom stereocenters. The zero-order valence-corrected chi connectivity index (χ0v) is 16.9. The maximum Gasteiger partial charge on any atom is 0.330 e. The summed E-state index contributed by atoms with van der Waals surface area (Å²) in [4.78, 5) is 36.3. The molecular weight excluding hydrogens is 386 g/mol. The van der Waals surface area contributed by atoms with E-state index in [1.165, 1.54) is 41.2 Å². The van der Waals surface area contributed by atoms with Crippen molar-refractivity contribution in [1.29, 1.82) is 0 Å². The second kappa shape index (κ2) is 7.51. The van der Waals surface area contributed by atoms with Gasteiger partial charge in [-0.25, -0.2) is 13.2 Å². The van der Waals surface area contributed by atoms with E-state index in [9.17, 15) is 22.8 Å². The quantitative estimate of drug-likeness (QED) is 0.668. The van der Waals surface area contributed by atoms with Crippen LogP contribution in [-0.2, 0) is 33.7 Å². The van der Waals surface area contributed by atoms with Crippen LogP contribution >= 0.6 is 0 Å². The third kappa shape index (κ3) is 3.37. The number of aromatic nitrogens is 2. The van der Waals surface area contributed by atoms with E-state index in [-0.39, 0.29) is 35.3 Å². The first-order valence-electron chi connectivity index (χ1n) is 9.05. The van der Waals surface area contributed by atoms with Crippen LogP contribution in [0.1, 0.15) is 19.8 Å². The number of benzene rings is 1. The molecule has 0 aliphatic carbocycles. The van der Waals surface area contributed by atoms with Crippen LogP contribution in [0.2, 0.25) is 0 Å². The lowest BCUT2D eigenvalue weighted by atomic mass is 9.98. The molecule has 3 rings (SSSR count). The van der Waals surface area contributed by atoms with Gasteiger partial charge in [-0.15, -0.1) is 0 Å². The van der Waals surface area contributed by atoms with Crippen molar-refractivity contribution in [2.45, 2.75) is 24.7 Å². The third-order valence-corrected chi connectivity index (χ3v) is 7.04. The highest BCUT2D eigenvalue weighted by Gasteiger charge is 2.33. The van der Waals surface area contributed by atoms with Crippen molar-refractivity contribution in [3.63, 3.8) is 0 Å². The SMILES string of the molecule is CCOC(=O)C1CCN(S(=O)(=O)c2ccc3c(c2)c(=O)n(C)c(=O)n3C)CC1. The molecule has 0 amide bonds. The Hall–Kier alpha value is -2.46. The number of hydrogen-bond donors (Lipinski definition) is 0. The lowest BCUT2D eigenvalue weighted by Gasteiger charge is -2.30. The van der Waals surface area contributed by atoms with Crippen molar-refractivity contribution in [2.75, 3.05) is 19.7 Å². The predicted molar refractivity (Wildman–Crippen MR) is 103 cm³/mol. The first-order chi connectivity index (χ1) is 13.2. The zero-order chi connectivity index (χ0) is 20.6. The zero-order valence-electron chi connectivity index (χ0n) is 16.0. The first kappa shape index (κ1) is 20.3. The van der Waals surface area contributed by atoms with E-state index in [0.29, 0.717) is 25.0 Å². The number of hydrogen-bond acceptors (Lipinski definition) is 6. The summed E-state index contributed by atoms with van der Waals surface area (Å²) in [6, 6.07) is 4.17. The molecular formula is C18H23N3O6S. The van der Waals surface area contributed by atoms with Crippen LogP contribution in [0.3, 0.4) is 0 Å². The lowest BCUT2D eigenvalue weighted by Crippen LogP contribution is -2.41. The standard InChI is InChI=1S/C18H23N3O6S/c1-4-27-17(23)12-7-9-21(10-8-12)28(25,26)13-5-6-15-14(11-13)16(22)20(3)18(24)19(15)2/h5-6,11-12H,4,7-10H2,1-3H3. The molecule has 10 heteroatoms. The molecule has 0 bridgehead atoms. The van der Waals surface area contributed by atoms with Gasteiger partial charge >= 0.3 is 11.7 Å². The van der Waals surface area contributed by atoms with Gasteiger partial charge in [0.05, 0.1) is 28.3 Å². The van der Waals surface area contributed by atoms with E-state index in [1.807, 2.05) is 0 Å². The van der Waals surface area contributed by atoms with Crippen molar-refractivity contribution in [2.24, 2.45) is 20.0 Å². The smallest absolute Gasteiger partial charge is 0.330 e. The van der Waals surface area contributed by atoms with E-state index >= 15 is 0 Å². The number of carbonyl (C=O) groups excluding carboxylic acids is 1. The summed E-state index contributed by atoms with van der Waals surface area (Å²) in [5.41, 5.74) is -0.654. The fraction of sp³-hybridized carbons (Fsp3) is 0.500. The number of esters is 1. The molecule has 0 unspecified atom stereocenters. The van der Waals surface area contributed by atoms with Gasteiger partial charge in [-0.2, -0.15) is 4.31 Å². The van der Waals surface area contributed by atoms with Gasteiger partial charge < -0.3 is 4.74 Å². The number of piperidine rings is 1. The molecule has 1 saturated heterocycles. The maximum atomic E-state index is 13.0. The summed E-state index contributed by atoms with van der Waals surface area (Å²) >= 11 is 0. The molecule has 1 aromatic heterocycles. The van der Waals surface area contributed by atoms with Gasteiger partial charge in [0.2, 0.25) is 10.0 Å². The normalized spacial score (nSPS) is 16.4. The Morgan fingerprint density at radius 1 is 1.14 bits per heavy atom. The van der Waals surface area contributed by atoms with Gasteiger partial charge in [0.1, 0.15) is 0 Å². The third-order valence-electron chi connectivity index (χ3n) is 5.15. The number of carbonyl (C=O) groups is 1. The number of rotatable bonds is 4. The highest BCUT2D eigenvalue weighted by molar-refractivity contribution is 7.89. The van der Waals surface area contributed by atoms with Gasteiger partial charge in [-0.3, -0.25) is 18.7 Å². The Morgan fingerprint density at radius 2 is 1.79 bits per heavy atom. The molecule has 9 nitrogen and oxygen atoms in total.